The molecule has 0 saturated heterocycles. The SMILES string of the molecule is CC(=O)[O-].CC(=O)[O-].CCOC(C)=O.[Cu+2]. The summed E-state index contributed by atoms with van der Waals surface area (Å²) in [5, 5.41) is 17.8. The summed E-state index contributed by atoms with van der Waals surface area (Å²) in [7, 11) is 0. The van der Waals surface area contributed by atoms with Crippen LogP contribution < -0.4 is 10.2 Å². The maximum atomic E-state index is 9.82. The van der Waals surface area contributed by atoms with Crippen molar-refractivity contribution >= 4 is 17.9 Å². The van der Waals surface area contributed by atoms with Gasteiger partial charge in [0.15, 0.2) is 0 Å². The van der Waals surface area contributed by atoms with Crippen LogP contribution in [0.5, 0.6) is 0 Å². The molecule has 0 heterocycles. The summed E-state index contributed by atoms with van der Waals surface area (Å²) in [5.41, 5.74) is 0. The third-order valence-electron chi connectivity index (χ3n) is 0.348. The van der Waals surface area contributed by atoms with Gasteiger partial charge >= 0.3 is 23.0 Å². The Balaban J connectivity index is -0.0000000606. The van der Waals surface area contributed by atoms with E-state index < -0.39 is 11.9 Å². The first-order valence-corrected chi connectivity index (χ1v) is 3.72. The van der Waals surface area contributed by atoms with Crippen molar-refractivity contribution in [3.05, 3.63) is 0 Å². The standard InChI is InChI=1S/C4H8O2.2C2H4O2.Cu/c1-3-6-4(2)5;2*1-2(3)4;/h3H2,1-2H3;2*1H3,(H,3,4);/q;;;+2/p-2. The predicted molar refractivity (Wildman–Crippen MR) is 43.7 cm³/mol. The number of ether oxygens (including phenoxy) is 1. The fraction of sp³-hybridized carbons (Fsp3) is 0.625. The third-order valence-corrected chi connectivity index (χ3v) is 0.348. The van der Waals surface area contributed by atoms with Gasteiger partial charge in [0.1, 0.15) is 0 Å². The molecule has 0 aromatic carbocycles. The van der Waals surface area contributed by atoms with Crippen LogP contribution in [0, 0.1) is 0 Å². The first kappa shape index (κ1) is 23.6. The Bertz CT molecular complexity index is 160. The molecule has 93 valence electrons. The average Bonchev–Trinajstić information content (AvgIpc) is 1.82. The van der Waals surface area contributed by atoms with Crippen molar-refractivity contribution in [1.82, 2.24) is 0 Å². The van der Waals surface area contributed by atoms with E-state index in [0.717, 1.165) is 13.8 Å². The van der Waals surface area contributed by atoms with Crippen LogP contribution in [0.2, 0.25) is 0 Å². The van der Waals surface area contributed by atoms with Crippen molar-refractivity contribution in [2.75, 3.05) is 6.61 Å². The summed E-state index contributed by atoms with van der Waals surface area (Å²) in [6.45, 7) is 5.60. The Morgan fingerprint density at radius 3 is 1.20 bits per heavy atom. The first-order chi connectivity index (χ1) is 6.23. The van der Waals surface area contributed by atoms with E-state index in [9.17, 15) is 4.79 Å². The summed E-state index contributed by atoms with van der Waals surface area (Å²) in [4.78, 5) is 27.6. The largest absolute Gasteiger partial charge is 2.00 e. The van der Waals surface area contributed by atoms with Crippen molar-refractivity contribution < 1.29 is 46.4 Å². The van der Waals surface area contributed by atoms with Crippen LogP contribution in [0.1, 0.15) is 27.7 Å². The van der Waals surface area contributed by atoms with E-state index in [1.807, 2.05) is 0 Å². The minimum atomic E-state index is -1.08. The molecule has 15 heavy (non-hydrogen) atoms. The average molecular weight is 270 g/mol. The molecule has 1 radical (unpaired) electrons. The van der Waals surface area contributed by atoms with Crippen molar-refractivity contribution in [2.45, 2.75) is 27.7 Å². The summed E-state index contributed by atoms with van der Waals surface area (Å²) in [6, 6.07) is 0. The zero-order valence-electron chi connectivity index (χ0n) is 8.96. The second kappa shape index (κ2) is 18.7. The number of hydrogen-bond donors (Lipinski definition) is 0. The molecule has 0 fully saturated rings. The molecule has 0 N–H and O–H groups in total. The van der Waals surface area contributed by atoms with Gasteiger partial charge in [0.25, 0.3) is 0 Å². The molecule has 0 atom stereocenters. The van der Waals surface area contributed by atoms with Gasteiger partial charge < -0.3 is 24.5 Å². The van der Waals surface area contributed by atoms with Gasteiger partial charge in [-0.1, -0.05) is 0 Å². The zero-order valence-corrected chi connectivity index (χ0v) is 9.90. The molecule has 6 nitrogen and oxygen atoms in total. The zero-order chi connectivity index (χ0) is 12.1. The Morgan fingerprint density at radius 2 is 1.20 bits per heavy atom. The molecule has 0 aromatic heterocycles. The molecule has 0 aliphatic rings. The molecule has 0 aromatic rings. The number of carboxylic acid groups (broad SMARTS) is 2. The molecular weight excluding hydrogens is 256 g/mol. The van der Waals surface area contributed by atoms with E-state index in [0.29, 0.717) is 6.61 Å². The van der Waals surface area contributed by atoms with Gasteiger partial charge in [-0.05, 0) is 20.8 Å². The second-order valence-corrected chi connectivity index (χ2v) is 1.91. The molecule has 0 aliphatic carbocycles. The molecule has 0 spiro atoms. The number of carbonyl (C=O) groups is 3. The Morgan fingerprint density at radius 1 is 1.00 bits per heavy atom. The van der Waals surface area contributed by atoms with Gasteiger partial charge in [-0.25, -0.2) is 0 Å². The number of rotatable bonds is 1. The molecule has 7 heteroatoms. The van der Waals surface area contributed by atoms with Crippen LogP contribution in [0.3, 0.4) is 0 Å². The van der Waals surface area contributed by atoms with Crippen LogP contribution in [0.4, 0.5) is 0 Å². The third kappa shape index (κ3) is 415. The second-order valence-electron chi connectivity index (χ2n) is 1.91. The summed E-state index contributed by atoms with van der Waals surface area (Å²) in [5.74, 6) is -2.38. The fourth-order valence-electron chi connectivity index (χ4n) is 0.203. The molecule has 0 bridgehead atoms. The van der Waals surface area contributed by atoms with E-state index >= 15 is 0 Å². The van der Waals surface area contributed by atoms with Crippen LogP contribution >= 0.6 is 0 Å². The van der Waals surface area contributed by atoms with Crippen molar-refractivity contribution in [1.29, 1.82) is 0 Å². The maximum Gasteiger partial charge on any atom is 2.00 e. The van der Waals surface area contributed by atoms with Gasteiger partial charge in [-0.15, -0.1) is 0 Å². The molecule has 0 rings (SSSR count). The normalized spacial score (nSPS) is 6.40. The van der Waals surface area contributed by atoms with Crippen molar-refractivity contribution in [3.8, 4) is 0 Å². The van der Waals surface area contributed by atoms with Gasteiger partial charge in [-0.2, -0.15) is 0 Å². The maximum absolute atomic E-state index is 9.82. The monoisotopic (exact) mass is 269 g/mol. The molecule has 0 amide bonds. The predicted octanol–water partition coefficient (Wildman–Crippen LogP) is -1.92. The molecular formula is C8H14CuO6. The van der Waals surface area contributed by atoms with Crippen LogP contribution in [-0.4, -0.2) is 24.5 Å². The minimum absolute atomic E-state index is 0. The van der Waals surface area contributed by atoms with Gasteiger partial charge in [0, 0.05) is 18.9 Å². The van der Waals surface area contributed by atoms with Crippen LogP contribution in [-0.2, 0) is 36.2 Å². The smallest absolute Gasteiger partial charge is 0.550 e. The summed E-state index contributed by atoms with van der Waals surface area (Å²) >= 11 is 0. The number of aliphatic carboxylic acids is 2. The van der Waals surface area contributed by atoms with E-state index in [-0.39, 0.29) is 23.0 Å². The van der Waals surface area contributed by atoms with E-state index in [1.165, 1.54) is 6.92 Å². The minimum Gasteiger partial charge on any atom is -0.550 e. The van der Waals surface area contributed by atoms with Crippen LogP contribution in [0.25, 0.3) is 0 Å². The summed E-state index contributed by atoms with van der Waals surface area (Å²) in [6.07, 6.45) is 0. The van der Waals surface area contributed by atoms with Gasteiger partial charge in [-0.3, -0.25) is 4.79 Å². The number of esters is 1. The number of carbonyl (C=O) groups excluding carboxylic acids is 3. The van der Waals surface area contributed by atoms with Gasteiger partial charge in [0.2, 0.25) is 0 Å². The van der Waals surface area contributed by atoms with Crippen molar-refractivity contribution in [2.24, 2.45) is 0 Å². The van der Waals surface area contributed by atoms with Crippen molar-refractivity contribution in [3.63, 3.8) is 0 Å². The summed E-state index contributed by atoms with van der Waals surface area (Å²) < 4.78 is 4.40. The fourth-order valence-corrected chi connectivity index (χ4v) is 0.203. The molecule has 0 aliphatic heterocycles. The quantitative estimate of drug-likeness (QED) is 0.406. The topological polar surface area (TPSA) is 107 Å². The van der Waals surface area contributed by atoms with Crippen LogP contribution in [0.15, 0.2) is 0 Å². The molecule has 0 saturated carbocycles. The first-order valence-electron chi connectivity index (χ1n) is 3.72. The molecule has 0 unspecified atom stereocenters. The van der Waals surface area contributed by atoms with E-state index in [4.69, 9.17) is 19.8 Å². The Hall–Kier alpha value is -1.07. The van der Waals surface area contributed by atoms with E-state index in [2.05, 4.69) is 4.74 Å². The van der Waals surface area contributed by atoms with E-state index in [1.54, 1.807) is 6.92 Å². The number of carboxylic acids is 2. The Kier molecular flexibility index (Phi) is 29.4. The van der Waals surface area contributed by atoms with Gasteiger partial charge in [0.05, 0.1) is 6.61 Å². The number of hydrogen-bond acceptors (Lipinski definition) is 6. The Labute approximate surface area is 99.1 Å².